The predicted octanol–water partition coefficient (Wildman–Crippen LogP) is 2.96. The smallest absolute Gasteiger partial charge is 0.257 e. The van der Waals surface area contributed by atoms with Crippen molar-refractivity contribution in [2.24, 2.45) is 0 Å². The molecule has 16 heavy (non-hydrogen) atoms. The molecule has 0 unspecified atom stereocenters. The van der Waals surface area contributed by atoms with Gasteiger partial charge >= 0.3 is 0 Å². The van der Waals surface area contributed by atoms with E-state index in [1.54, 1.807) is 20.5 Å². The Morgan fingerprint density at radius 3 is 2.62 bits per heavy atom. The van der Waals surface area contributed by atoms with Crippen LogP contribution in [0.15, 0.2) is 28.9 Å². The lowest BCUT2D eigenvalue weighted by molar-refractivity contribution is 0.395. The van der Waals surface area contributed by atoms with Crippen molar-refractivity contribution in [1.82, 2.24) is 4.98 Å². The molecule has 0 spiro atoms. The molecule has 0 saturated heterocycles. The maximum atomic E-state index is 5.29. The van der Waals surface area contributed by atoms with Crippen LogP contribution in [0.5, 0.6) is 11.5 Å². The summed E-state index contributed by atoms with van der Waals surface area (Å²) in [6.45, 7) is 0. The van der Waals surface area contributed by atoms with Crippen molar-refractivity contribution in [3.05, 3.63) is 28.4 Å². The van der Waals surface area contributed by atoms with E-state index in [1.165, 1.54) is 0 Å². The van der Waals surface area contributed by atoms with Gasteiger partial charge in [-0.3, -0.25) is 0 Å². The summed E-state index contributed by atoms with van der Waals surface area (Å²) in [5.74, 6) is 1.46. The van der Waals surface area contributed by atoms with Crippen LogP contribution in [0.4, 0.5) is 0 Å². The average molecular weight is 331 g/mol. The van der Waals surface area contributed by atoms with E-state index in [2.05, 4.69) is 4.98 Å². The summed E-state index contributed by atoms with van der Waals surface area (Å²) in [6.07, 6.45) is 1.60. The second kappa shape index (κ2) is 4.73. The largest absolute Gasteiger partial charge is 0.497 e. The molecule has 0 atom stereocenters. The molecule has 1 heterocycles. The van der Waals surface area contributed by atoms with Gasteiger partial charge in [-0.15, -0.1) is 0 Å². The Kier molecular flexibility index (Phi) is 3.33. The summed E-state index contributed by atoms with van der Waals surface area (Å²) >= 11 is 2.02. The molecule has 1 aromatic carbocycles. The normalized spacial score (nSPS) is 10.2. The van der Waals surface area contributed by atoms with Gasteiger partial charge in [0, 0.05) is 34.2 Å². The highest BCUT2D eigenvalue weighted by Crippen LogP contribution is 2.32. The van der Waals surface area contributed by atoms with Crippen LogP contribution in [0.25, 0.3) is 11.3 Å². The van der Waals surface area contributed by atoms with Gasteiger partial charge in [-0.2, -0.15) is 0 Å². The fourth-order valence-corrected chi connectivity index (χ4v) is 1.77. The molecule has 84 valence electrons. The summed E-state index contributed by atoms with van der Waals surface area (Å²) in [4.78, 5) is 4.24. The summed E-state index contributed by atoms with van der Waals surface area (Å²) in [7, 11) is 3.23. The lowest BCUT2D eigenvalue weighted by atomic mass is 10.1. The second-order valence-corrected chi connectivity index (χ2v) is 3.97. The minimum Gasteiger partial charge on any atom is -0.497 e. The summed E-state index contributed by atoms with van der Waals surface area (Å²) in [5.41, 5.74) is 1.64. The first kappa shape index (κ1) is 11.3. The van der Waals surface area contributed by atoms with Crippen LogP contribution in [0.2, 0.25) is 0 Å². The van der Waals surface area contributed by atoms with Gasteiger partial charge in [-0.05, 0) is 12.1 Å². The number of halogens is 1. The van der Waals surface area contributed by atoms with Crippen LogP contribution in [0, 0.1) is 3.90 Å². The van der Waals surface area contributed by atoms with Crippen LogP contribution >= 0.6 is 22.6 Å². The van der Waals surface area contributed by atoms with E-state index in [-0.39, 0.29) is 0 Å². The van der Waals surface area contributed by atoms with Crippen molar-refractivity contribution in [3.63, 3.8) is 0 Å². The Morgan fingerprint density at radius 2 is 2.06 bits per heavy atom. The van der Waals surface area contributed by atoms with E-state index in [0.717, 1.165) is 17.0 Å². The number of rotatable bonds is 3. The molecule has 2 aromatic rings. The molecule has 0 aliphatic heterocycles. The third-order valence-corrected chi connectivity index (χ3v) is 2.66. The lowest BCUT2D eigenvalue weighted by Gasteiger charge is -2.07. The third-order valence-electron chi connectivity index (χ3n) is 2.16. The number of benzene rings is 1. The highest BCUT2D eigenvalue weighted by molar-refractivity contribution is 14.1. The number of nitrogens with zero attached hydrogens (tertiary/aromatic N) is 1. The van der Waals surface area contributed by atoms with Crippen LogP contribution in [0.1, 0.15) is 0 Å². The monoisotopic (exact) mass is 331 g/mol. The van der Waals surface area contributed by atoms with E-state index in [9.17, 15) is 0 Å². The first-order valence-corrected chi connectivity index (χ1v) is 5.66. The van der Waals surface area contributed by atoms with Gasteiger partial charge in [0.25, 0.3) is 3.90 Å². The Bertz CT molecular complexity index is 496. The van der Waals surface area contributed by atoms with Crippen LogP contribution < -0.4 is 9.47 Å². The highest BCUT2D eigenvalue weighted by atomic mass is 127. The number of ether oxygens (including phenoxy) is 2. The van der Waals surface area contributed by atoms with Gasteiger partial charge in [0.2, 0.25) is 0 Å². The van der Waals surface area contributed by atoms with Crippen LogP contribution in [0.3, 0.4) is 0 Å². The van der Waals surface area contributed by atoms with Crippen molar-refractivity contribution in [2.45, 2.75) is 0 Å². The zero-order valence-corrected chi connectivity index (χ0v) is 11.0. The summed E-state index contributed by atoms with van der Waals surface area (Å²) < 4.78 is 16.2. The molecule has 0 radical (unpaired) electrons. The van der Waals surface area contributed by atoms with Crippen LogP contribution in [-0.2, 0) is 0 Å². The van der Waals surface area contributed by atoms with Crippen molar-refractivity contribution in [1.29, 1.82) is 0 Å². The standard InChI is InChI=1S/C11H10INO3/c1-14-7-3-4-8(10(5-7)15-2)9-6-16-11(12)13-9/h3-6H,1-2H3. The maximum absolute atomic E-state index is 5.29. The van der Waals surface area contributed by atoms with Crippen molar-refractivity contribution in [2.75, 3.05) is 14.2 Å². The molecule has 0 aliphatic rings. The highest BCUT2D eigenvalue weighted by Gasteiger charge is 2.11. The molecule has 0 fully saturated rings. The molecule has 0 amide bonds. The fraction of sp³-hybridized carbons (Fsp3) is 0.182. The molecule has 0 bridgehead atoms. The molecule has 0 N–H and O–H groups in total. The first-order valence-electron chi connectivity index (χ1n) is 4.58. The minimum atomic E-state index is 0.602. The van der Waals surface area contributed by atoms with Gasteiger partial charge in [-0.1, -0.05) is 0 Å². The zero-order chi connectivity index (χ0) is 11.5. The molecular weight excluding hydrogens is 321 g/mol. The molecule has 1 aromatic heterocycles. The Morgan fingerprint density at radius 1 is 1.25 bits per heavy atom. The van der Waals surface area contributed by atoms with E-state index >= 15 is 0 Å². The predicted molar refractivity (Wildman–Crippen MR) is 67.8 cm³/mol. The molecular formula is C11H10INO3. The number of hydrogen-bond acceptors (Lipinski definition) is 4. The van der Waals surface area contributed by atoms with Gasteiger partial charge in [0.15, 0.2) is 0 Å². The van der Waals surface area contributed by atoms with E-state index in [1.807, 2.05) is 40.8 Å². The molecule has 2 rings (SSSR count). The quantitative estimate of drug-likeness (QED) is 0.811. The van der Waals surface area contributed by atoms with Crippen molar-refractivity contribution in [3.8, 4) is 22.8 Å². The van der Waals surface area contributed by atoms with Crippen LogP contribution in [-0.4, -0.2) is 19.2 Å². The van der Waals surface area contributed by atoms with Gasteiger partial charge in [0.05, 0.1) is 14.2 Å². The fourth-order valence-electron chi connectivity index (χ4n) is 1.39. The topological polar surface area (TPSA) is 44.5 Å². The lowest BCUT2D eigenvalue weighted by Crippen LogP contribution is -1.90. The molecule has 0 aliphatic carbocycles. The first-order chi connectivity index (χ1) is 7.74. The zero-order valence-electron chi connectivity index (χ0n) is 8.86. The van der Waals surface area contributed by atoms with Gasteiger partial charge in [0.1, 0.15) is 23.5 Å². The number of oxazole rings is 1. The maximum Gasteiger partial charge on any atom is 0.257 e. The Hall–Kier alpha value is -1.24. The number of methoxy groups -OCH3 is 2. The number of hydrogen-bond donors (Lipinski definition) is 0. The number of aromatic nitrogens is 1. The second-order valence-electron chi connectivity index (χ2n) is 3.05. The molecule has 5 heteroatoms. The van der Waals surface area contributed by atoms with Gasteiger partial charge < -0.3 is 13.9 Å². The third kappa shape index (κ3) is 2.13. The average Bonchev–Trinajstić information content (AvgIpc) is 2.74. The molecule has 4 nitrogen and oxygen atoms in total. The summed E-state index contributed by atoms with van der Waals surface area (Å²) in [5, 5.41) is 0. The Balaban J connectivity index is 2.48. The van der Waals surface area contributed by atoms with Gasteiger partial charge in [-0.25, -0.2) is 4.98 Å². The van der Waals surface area contributed by atoms with E-state index < -0.39 is 0 Å². The van der Waals surface area contributed by atoms with Crippen molar-refractivity contribution < 1.29 is 13.9 Å². The summed E-state index contributed by atoms with van der Waals surface area (Å²) in [6, 6.07) is 5.57. The van der Waals surface area contributed by atoms with E-state index in [4.69, 9.17) is 13.9 Å². The Labute approximate surface area is 107 Å². The molecule has 0 saturated carbocycles. The SMILES string of the molecule is COc1ccc(-c2coc(I)n2)c(OC)c1. The minimum absolute atomic E-state index is 0.602. The van der Waals surface area contributed by atoms with E-state index in [0.29, 0.717) is 9.65 Å². The van der Waals surface area contributed by atoms with Crippen molar-refractivity contribution >= 4 is 22.6 Å².